The van der Waals surface area contributed by atoms with Gasteiger partial charge in [-0.2, -0.15) is 0 Å². The van der Waals surface area contributed by atoms with Crippen molar-refractivity contribution in [2.75, 3.05) is 19.4 Å². The fraction of sp³-hybridized carbons (Fsp3) is 0.625. The number of nitrogens with one attached hydrogen (secondary N) is 1. The molecule has 1 aliphatic rings. The van der Waals surface area contributed by atoms with Crippen LogP contribution in [0.25, 0.3) is 0 Å². The highest BCUT2D eigenvalue weighted by Gasteiger charge is 2.14. The van der Waals surface area contributed by atoms with E-state index in [1.165, 1.54) is 36.1 Å². The van der Waals surface area contributed by atoms with Crippen LogP contribution in [0, 0.1) is 0 Å². The van der Waals surface area contributed by atoms with Crippen molar-refractivity contribution in [2.24, 2.45) is 0 Å². The Labute approximate surface area is 121 Å². The van der Waals surface area contributed by atoms with E-state index in [0.717, 1.165) is 13.2 Å². The molecule has 1 atom stereocenters. The Morgan fingerprint density at radius 1 is 1.26 bits per heavy atom. The van der Waals surface area contributed by atoms with E-state index in [1.54, 1.807) is 11.8 Å². The molecular weight excluding hydrogens is 254 g/mol. The summed E-state index contributed by atoms with van der Waals surface area (Å²) in [5.74, 6) is 0. The van der Waals surface area contributed by atoms with Gasteiger partial charge in [-0.15, -0.1) is 11.8 Å². The molecule has 1 aromatic rings. The van der Waals surface area contributed by atoms with Crippen molar-refractivity contribution < 1.29 is 4.74 Å². The molecule has 106 valence electrons. The Hall–Kier alpha value is -0.510. The third-order valence-corrected chi connectivity index (χ3v) is 4.57. The van der Waals surface area contributed by atoms with Gasteiger partial charge in [-0.05, 0) is 43.7 Å². The number of hydrogen-bond donors (Lipinski definition) is 1. The molecular formula is C16H25NOS. The van der Waals surface area contributed by atoms with Crippen LogP contribution in [0.4, 0.5) is 0 Å². The van der Waals surface area contributed by atoms with Gasteiger partial charge in [0.25, 0.3) is 0 Å². The molecule has 2 nitrogen and oxygen atoms in total. The summed E-state index contributed by atoms with van der Waals surface area (Å²) in [5, 5.41) is 3.53. The third-order valence-electron chi connectivity index (χ3n) is 3.82. The molecule has 0 amide bonds. The summed E-state index contributed by atoms with van der Waals surface area (Å²) in [6, 6.07) is 9.19. The molecule has 2 rings (SSSR count). The second kappa shape index (κ2) is 7.93. The van der Waals surface area contributed by atoms with E-state index in [2.05, 4.69) is 42.8 Å². The molecule has 1 saturated carbocycles. The van der Waals surface area contributed by atoms with Gasteiger partial charge in [-0.3, -0.25) is 0 Å². The number of benzene rings is 1. The number of thioether (sulfide) groups is 1. The topological polar surface area (TPSA) is 21.3 Å². The van der Waals surface area contributed by atoms with E-state index < -0.39 is 0 Å². The Kier molecular flexibility index (Phi) is 6.21. The van der Waals surface area contributed by atoms with Crippen LogP contribution in [0.2, 0.25) is 0 Å². The number of ether oxygens (including phenoxy) is 1. The molecule has 0 heterocycles. The standard InChI is InChI=1S/C16H25NOS/c1-13(14-7-9-16(19-2)10-8-14)17-11-12-18-15-5-3-4-6-15/h7-10,13,15,17H,3-6,11-12H2,1-2H3. The summed E-state index contributed by atoms with van der Waals surface area (Å²) in [4.78, 5) is 1.32. The average molecular weight is 279 g/mol. The van der Waals surface area contributed by atoms with Crippen molar-refractivity contribution >= 4 is 11.8 Å². The molecule has 1 unspecified atom stereocenters. The van der Waals surface area contributed by atoms with Gasteiger partial charge >= 0.3 is 0 Å². The molecule has 0 aromatic heterocycles. The second-order valence-electron chi connectivity index (χ2n) is 5.23. The van der Waals surface area contributed by atoms with Crippen LogP contribution < -0.4 is 5.32 Å². The first-order valence-corrected chi connectivity index (χ1v) is 8.51. The van der Waals surface area contributed by atoms with Gasteiger partial charge < -0.3 is 10.1 Å². The summed E-state index contributed by atoms with van der Waals surface area (Å²) in [6.07, 6.45) is 7.83. The minimum Gasteiger partial charge on any atom is -0.377 e. The summed E-state index contributed by atoms with van der Waals surface area (Å²) in [5.41, 5.74) is 1.35. The Morgan fingerprint density at radius 2 is 1.95 bits per heavy atom. The van der Waals surface area contributed by atoms with Crippen LogP contribution in [0.15, 0.2) is 29.2 Å². The van der Waals surface area contributed by atoms with Gasteiger partial charge in [-0.1, -0.05) is 25.0 Å². The summed E-state index contributed by atoms with van der Waals surface area (Å²) >= 11 is 1.78. The van der Waals surface area contributed by atoms with E-state index in [4.69, 9.17) is 4.74 Å². The fourth-order valence-electron chi connectivity index (χ4n) is 2.57. The van der Waals surface area contributed by atoms with Crippen molar-refractivity contribution in [3.63, 3.8) is 0 Å². The van der Waals surface area contributed by atoms with Crippen molar-refractivity contribution in [3.8, 4) is 0 Å². The Balaban J connectivity index is 1.66. The maximum atomic E-state index is 5.86. The molecule has 0 saturated heterocycles. The summed E-state index contributed by atoms with van der Waals surface area (Å²) in [7, 11) is 0. The van der Waals surface area contributed by atoms with Gasteiger partial charge in [0.1, 0.15) is 0 Å². The lowest BCUT2D eigenvalue weighted by molar-refractivity contribution is 0.0593. The maximum Gasteiger partial charge on any atom is 0.0594 e. The van der Waals surface area contributed by atoms with Gasteiger partial charge in [0.15, 0.2) is 0 Å². The lowest BCUT2D eigenvalue weighted by Crippen LogP contribution is -2.25. The molecule has 1 fully saturated rings. The highest BCUT2D eigenvalue weighted by atomic mass is 32.2. The van der Waals surface area contributed by atoms with Crippen LogP contribution >= 0.6 is 11.8 Å². The quantitative estimate of drug-likeness (QED) is 0.602. The lowest BCUT2D eigenvalue weighted by Gasteiger charge is -2.16. The molecule has 0 bridgehead atoms. The minimum atomic E-state index is 0.392. The fourth-order valence-corrected chi connectivity index (χ4v) is 2.97. The first kappa shape index (κ1) is 14.9. The third kappa shape index (κ3) is 4.83. The Bertz CT molecular complexity index is 360. The number of rotatable bonds is 7. The van der Waals surface area contributed by atoms with Crippen LogP contribution in [0.5, 0.6) is 0 Å². The number of hydrogen-bond acceptors (Lipinski definition) is 3. The highest BCUT2D eigenvalue weighted by molar-refractivity contribution is 7.98. The van der Waals surface area contributed by atoms with Crippen molar-refractivity contribution in [3.05, 3.63) is 29.8 Å². The normalized spacial score (nSPS) is 17.8. The molecule has 1 N–H and O–H groups in total. The average Bonchev–Trinajstić information content (AvgIpc) is 2.96. The van der Waals surface area contributed by atoms with E-state index in [-0.39, 0.29) is 0 Å². The van der Waals surface area contributed by atoms with Crippen molar-refractivity contribution in [1.82, 2.24) is 5.32 Å². The zero-order valence-corrected chi connectivity index (χ0v) is 12.8. The molecule has 1 aromatic carbocycles. The van der Waals surface area contributed by atoms with Crippen LogP contribution in [0.3, 0.4) is 0 Å². The molecule has 0 spiro atoms. The van der Waals surface area contributed by atoms with Crippen molar-refractivity contribution in [1.29, 1.82) is 0 Å². The van der Waals surface area contributed by atoms with Gasteiger partial charge in [0.05, 0.1) is 12.7 Å². The summed E-state index contributed by atoms with van der Waals surface area (Å²) < 4.78 is 5.86. The van der Waals surface area contributed by atoms with Gasteiger partial charge in [0.2, 0.25) is 0 Å². The smallest absolute Gasteiger partial charge is 0.0594 e. The molecule has 1 aliphatic carbocycles. The molecule has 3 heteroatoms. The van der Waals surface area contributed by atoms with E-state index in [1.807, 2.05) is 0 Å². The monoisotopic (exact) mass is 279 g/mol. The van der Waals surface area contributed by atoms with Crippen LogP contribution in [-0.4, -0.2) is 25.5 Å². The predicted octanol–water partition coefficient (Wildman–Crippen LogP) is 4.02. The summed E-state index contributed by atoms with van der Waals surface area (Å²) in [6.45, 7) is 3.98. The van der Waals surface area contributed by atoms with E-state index >= 15 is 0 Å². The first-order valence-electron chi connectivity index (χ1n) is 7.28. The Morgan fingerprint density at radius 3 is 2.58 bits per heavy atom. The molecule has 0 radical (unpaired) electrons. The molecule has 0 aliphatic heterocycles. The zero-order valence-electron chi connectivity index (χ0n) is 12.0. The van der Waals surface area contributed by atoms with Gasteiger partial charge in [0, 0.05) is 17.5 Å². The van der Waals surface area contributed by atoms with Crippen LogP contribution in [0.1, 0.15) is 44.2 Å². The second-order valence-corrected chi connectivity index (χ2v) is 6.11. The predicted molar refractivity (Wildman–Crippen MR) is 82.8 cm³/mol. The van der Waals surface area contributed by atoms with Crippen molar-refractivity contribution in [2.45, 2.75) is 49.6 Å². The lowest BCUT2D eigenvalue weighted by atomic mass is 10.1. The molecule has 19 heavy (non-hydrogen) atoms. The highest BCUT2D eigenvalue weighted by Crippen LogP contribution is 2.21. The first-order chi connectivity index (χ1) is 9.29. The minimum absolute atomic E-state index is 0.392. The SMILES string of the molecule is CSc1ccc(C(C)NCCOC2CCCC2)cc1. The van der Waals surface area contributed by atoms with Gasteiger partial charge in [-0.25, -0.2) is 0 Å². The van der Waals surface area contributed by atoms with Crippen LogP contribution in [-0.2, 0) is 4.74 Å². The maximum absolute atomic E-state index is 5.86. The largest absolute Gasteiger partial charge is 0.377 e. The zero-order chi connectivity index (χ0) is 13.5. The van der Waals surface area contributed by atoms with E-state index in [9.17, 15) is 0 Å². The van der Waals surface area contributed by atoms with E-state index in [0.29, 0.717) is 12.1 Å².